The third-order valence-electron chi connectivity index (χ3n) is 6.24. The first-order chi connectivity index (χ1) is 16.7. The Bertz CT molecular complexity index is 829. The van der Waals surface area contributed by atoms with E-state index in [1.165, 1.54) is 0 Å². The predicted molar refractivity (Wildman–Crippen MR) is 144 cm³/mol. The standard InChI is InChI=1S/C26H48N6O4/c1-11-28-22(20-15-13-17-32(20)24(34)36-26(6,7)8)30(10)18(2)29-21(27-9)19-14-12-16-31(19)23(33)35-25(3,4)5/h18-20H,11-17H2,1-10H3,(H,27,29)/t18?,19-,20?/m0/s1. The van der Waals surface area contributed by atoms with Crippen LogP contribution in [0.1, 0.15) is 81.1 Å². The van der Waals surface area contributed by atoms with Crippen molar-refractivity contribution in [1.82, 2.24) is 20.0 Å². The van der Waals surface area contributed by atoms with E-state index in [1.807, 2.05) is 62.4 Å². The zero-order valence-electron chi connectivity index (χ0n) is 24.1. The Morgan fingerprint density at radius 3 is 1.89 bits per heavy atom. The van der Waals surface area contributed by atoms with Gasteiger partial charge in [0.05, 0.1) is 18.2 Å². The number of hydrogen-bond acceptors (Lipinski definition) is 6. The molecule has 0 bridgehead atoms. The van der Waals surface area contributed by atoms with Crippen molar-refractivity contribution in [2.24, 2.45) is 9.98 Å². The number of amidine groups is 2. The molecule has 2 unspecified atom stereocenters. The summed E-state index contributed by atoms with van der Waals surface area (Å²) in [5.41, 5.74) is -1.11. The van der Waals surface area contributed by atoms with Gasteiger partial charge < -0.3 is 19.7 Å². The Kier molecular flexibility index (Phi) is 10.0. The summed E-state index contributed by atoms with van der Waals surface area (Å²) >= 11 is 0. The highest BCUT2D eigenvalue weighted by molar-refractivity contribution is 5.93. The number of amides is 2. The van der Waals surface area contributed by atoms with E-state index in [9.17, 15) is 9.59 Å². The van der Waals surface area contributed by atoms with E-state index in [4.69, 9.17) is 14.5 Å². The lowest BCUT2D eigenvalue weighted by Gasteiger charge is -2.37. The highest BCUT2D eigenvalue weighted by atomic mass is 16.6. The smallest absolute Gasteiger partial charge is 0.410 e. The third-order valence-corrected chi connectivity index (χ3v) is 6.24. The van der Waals surface area contributed by atoms with Crippen molar-refractivity contribution in [2.75, 3.05) is 33.7 Å². The molecule has 2 fully saturated rings. The number of carbonyl (C=O) groups is 2. The predicted octanol–water partition coefficient (Wildman–Crippen LogP) is 4.10. The molecule has 10 nitrogen and oxygen atoms in total. The Labute approximate surface area is 217 Å². The van der Waals surface area contributed by atoms with Crippen LogP contribution in [-0.4, -0.2) is 102 Å². The van der Waals surface area contributed by atoms with Crippen LogP contribution >= 0.6 is 0 Å². The van der Waals surface area contributed by atoms with Crippen molar-refractivity contribution < 1.29 is 19.1 Å². The molecule has 2 aliphatic rings. The first kappa shape index (κ1) is 29.7. The monoisotopic (exact) mass is 508 g/mol. The second-order valence-electron chi connectivity index (χ2n) is 11.5. The topological polar surface area (TPSA) is 99.1 Å². The van der Waals surface area contributed by atoms with Crippen LogP contribution in [0.25, 0.3) is 0 Å². The second-order valence-corrected chi connectivity index (χ2v) is 11.5. The van der Waals surface area contributed by atoms with Crippen LogP contribution in [0.5, 0.6) is 0 Å². The fourth-order valence-corrected chi connectivity index (χ4v) is 4.60. The summed E-state index contributed by atoms with van der Waals surface area (Å²) in [5.74, 6) is 1.58. The lowest BCUT2D eigenvalue weighted by atomic mass is 10.1. The number of likely N-dealkylation sites (tertiary alicyclic amines) is 2. The molecule has 2 rings (SSSR count). The third kappa shape index (κ3) is 8.00. The van der Waals surface area contributed by atoms with Gasteiger partial charge in [-0.3, -0.25) is 19.8 Å². The van der Waals surface area contributed by atoms with Crippen LogP contribution in [0.3, 0.4) is 0 Å². The van der Waals surface area contributed by atoms with Crippen LogP contribution in [0.15, 0.2) is 9.98 Å². The zero-order chi connectivity index (χ0) is 27.3. The van der Waals surface area contributed by atoms with E-state index in [2.05, 4.69) is 15.2 Å². The van der Waals surface area contributed by atoms with E-state index in [-0.39, 0.29) is 30.4 Å². The molecule has 206 valence electrons. The second kappa shape index (κ2) is 12.1. The molecule has 3 atom stereocenters. The molecule has 2 amide bonds. The Balaban J connectivity index is 2.16. The molecule has 0 radical (unpaired) electrons. The van der Waals surface area contributed by atoms with Crippen LogP contribution < -0.4 is 5.32 Å². The number of nitrogens with one attached hydrogen (secondary N) is 1. The van der Waals surface area contributed by atoms with Gasteiger partial charge in [-0.15, -0.1) is 0 Å². The summed E-state index contributed by atoms with van der Waals surface area (Å²) in [6.07, 6.45) is 2.65. The molecule has 0 aromatic carbocycles. The average Bonchev–Trinajstić information content (AvgIpc) is 3.42. The van der Waals surface area contributed by atoms with Gasteiger partial charge in [0.2, 0.25) is 0 Å². The first-order valence-electron chi connectivity index (χ1n) is 13.2. The van der Waals surface area contributed by atoms with Crippen LogP contribution in [0.2, 0.25) is 0 Å². The quantitative estimate of drug-likeness (QED) is 0.341. The summed E-state index contributed by atoms with van der Waals surface area (Å²) < 4.78 is 11.3. The number of aliphatic imine (C=N–C) groups is 2. The summed E-state index contributed by atoms with van der Waals surface area (Å²) in [4.78, 5) is 40.7. The summed E-state index contributed by atoms with van der Waals surface area (Å²) in [6.45, 7) is 17.2. The summed E-state index contributed by atoms with van der Waals surface area (Å²) in [6, 6.07) is -0.321. The van der Waals surface area contributed by atoms with Crippen molar-refractivity contribution in [3.63, 3.8) is 0 Å². The van der Waals surface area contributed by atoms with Crippen molar-refractivity contribution in [1.29, 1.82) is 0 Å². The molecule has 36 heavy (non-hydrogen) atoms. The Hall–Kier alpha value is -2.52. The fourth-order valence-electron chi connectivity index (χ4n) is 4.60. The average molecular weight is 509 g/mol. The van der Waals surface area contributed by atoms with Gasteiger partial charge in [-0.25, -0.2) is 9.59 Å². The van der Waals surface area contributed by atoms with Gasteiger partial charge in [0.1, 0.15) is 22.9 Å². The zero-order valence-corrected chi connectivity index (χ0v) is 24.1. The summed E-state index contributed by atoms with van der Waals surface area (Å²) in [5, 5.41) is 3.51. The molecule has 0 saturated carbocycles. The minimum Gasteiger partial charge on any atom is -0.444 e. The van der Waals surface area contributed by atoms with Crippen LogP contribution in [0.4, 0.5) is 9.59 Å². The first-order valence-corrected chi connectivity index (χ1v) is 13.2. The van der Waals surface area contributed by atoms with Crippen molar-refractivity contribution >= 4 is 23.9 Å². The van der Waals surface area contributed by atoms with Gasteiger partial charge in [0.15, 0.2) is 0 Å². The van der Waals surface area contributed by atoms with E-state index < -0.39 is 11.2 Å². The molecule has 1 N–H and O–H groups in total. The molecule has 0 aromatic rings. The maximum Gasteiger partial charge on any atom is 0.410 e. The molecule has 10 heteroatoms. The highest BCUT2D eigenvalue weighted by Crippen LogP contribution is 2.25. The van der Waals surface area contributed by atoms with Crippen LogP contribution in [-0.2, 0) is 9.47 Å². The van der Waals surface area contributed by atoms with Gasteiger partial charge in [-0.05, 0) is 81.1 Å². The molecule has 2 heterocycles. The molecular formula is C26H48N6O4. The number of hydrogen-bond donors (Lipinski definition) is 1. The minimum absolute atomic E-state index is 0.152. The van der Waals surface area contributed by atoms with E-state index >= 15 is 0 Å². The number of carbonyl (C=O) groups excluding carboxylic acids is 2. The maximum absolute atomic E-state index is 12.9. The number of ether oxygens (including phenoxy) is 2. The SMILES string of the molecule is CCN=C(C1CCCN1C(=O)OC(C)(C)C)N(C)C(C)NC(=NC)[C@@H]1CCCN1C(=O)OC(C)(C)C. The van der Waals surface area contributed by atoms with E-state index in [1.54, 1.807) is 16.8 Å². The van der Waals surface area contributed by atoms with Crippen molar-refractivity contribution in [3.8, 4) is 0 Å². The lowest BCUT2D eigenvalue weighted by Crippen LogP contribution is -2.57. The van der Waals surface area contributed by atoms with Crippen molar-refractivity contribution in [2.45, 2.75) is 111 Å². The van der Waals surface area contributed by atoms with Crippen LogP contribution in [0, 0.1) is 0 Å². The molecule has 0 aliphatic carbocycles. The Morgan fingerprint density at radius 1 is 0.972 bits per heavy atom. The molecule has 0 aromatic heterocycles. The van der Waals surface area contributed by atoms with Gasteiger partial charge in [-0.1, -0.05) is 0 Å². The van der Waals surface area contributed by atoms with Crippen molar-refractivity contribution in [3.05, 3.63) is 0 Å². The molecular weight excluding hydrogens is 460 g/mol. The number of nitrogens with zero attached hydrogens (tertiary/aromatic N) is 5. The van der Waals surface area contributed by atoms with Gasteiger partial charge in [0, 0.05) is 33.7 Å². The minimum atomic E-state index is -0.555. The molecule has 2 saturated heterocycles. The number of likely N-dealkylation sites (N-methyl/N-ethyl adjacent to an activating group) is 1. The Morgan fingerprint density at radius 2 is 1.44 bits per heavy atom. The van der Waals surface area contributed by atoms with Gasteiger partial charge in [-0.2, -0.15) is 0 Å². The van der Waals surface area contributed by atoms with Gasteiger partial charge in [0.25, 0.3) is 0 Å². The van der Waals surface area contributed by atoms with E-state index in [0.717, 1.165) is 37.4 Å². The number of rotatable bonds is 5. The normalized spacial score (nSPS) is 22.5. The summed E-state index contributed by atoms with van der Waals surface area (Å²) in [7, 11) is 3.72. The largest absolute Gasteiger partial charge is 0.444 e. The fraction of sp³-hybridized carbons (Fsp3) is 0.846. The lowest BCUT2D eigenvalue weighted by molar-refractivity contribution is 0.0253. The molecule has 0 spiro atoms. The maximum atomic E-state index is 12.9. The molecule has 2 aliphatic heterocycles. The van der Waals surface area contributed by atoms with Gasteiger partial charge >= 0.3 is 12.2 Å². The van der Waals surface area contributed by atoms with E-state index in [0.29, 0.717) is 19.6 Å². The highest BCUT2D eigenvalue weighted by Gasteiger charge is 2.39.